The average Bonchev–Trinajstić information content (AvgIpc) is 2.94. The molecule has 1 N–H and O–H groups in total. The van der Waals surface area contributed by atoms with Crippen LogP contribution in [-0.2, 0) is 19.5 Å². The highest BCUT2D eigenvalue weighted by Gasteiger charge is 2.31. The molecule has 2 aromatic rings. The molecule has 0 fully saturated rings. The van der Waals surface area contributed by atoms with Crippen molar-refractivity contribution in [1.29, 1.82) is 0 Å². The minimum Gasteiger partial charge on any atom is -0.508 e. The van der Waals surface area contributed by atoms with E-state index in [4.69, 9.17) is 23.2 Å². The van der Waals surface area contributed by atoms with E-state index in [0.29, 0.717) is 35.1 Å². The Morgan fingerprint density at radius 2 is 2.20 bits per heavy atom. The zero-order chi connectivity index (χ0) is 14.4. The molecular weight excluding hydrogens is 301 g/mol. The van der Waals surface area contributed by atoms with Gasteiger partial charge in [0.15, 0.2) is 0 Å². The molecule has 7 heteroatoms. The van der Waals surface area contributed by atoms with Gasteiger partial charge in [-0.05, 0) is 19.1 Å². The normalized spacial score (nSPS) is 17.4. The number of phenols is 1. The van der Waals surface area contributed by atoms with Crippen LogP contribution in [0.3, 0.4) is 0 Å². The number of nitrogens with zero attached hydrogens (tertiary/aromatic N) is 3. The highest BCUT2D eigenvalue weighted by molar-refractivity contribution is 6.42. The third-order valence-corrected chi connectivity index (χ3v) is 4.47. The second-order valence-corrected chi connectivity index (χ2v) is 5.61. The summed E-state index contributed by atoms with van der Waals surface area (Å²) in [5.74, 6) is 0.742. The van der Waals surface area contributed by atoms with Crippen molar-refractivity contribution in [3.63, 3.8) is 0 Å². The van der Waals surface area contributed by atoms with Crippen LogP contribution in [0.2, 0.25) is 10.0 Å². The van der Waals surface area contributed by atoms with Crippen molar-refractivity contribution >= 4 is 23.2 Å². The maximum Gasteiger partial charge on any atom is 0.345 e. The van der Waals surface area contributed by atoms with Crippen LogP contribution in [0.1, 0.15) is 24.2 Å². The van der Waals surface area contributed by atoms with E-state index in [1.54, 1.807) is 10.6 Å². The van der Waals surface area contributed by atoms with Gasteiger partial charge in [-0.1, -0.05) is 23.2 Å². The molecule has 3 rings (SSSR count). The quantitative estimate of drug-likeness (QED) is 0.926. The van der Waals surface area contributed by atoms with E-state index in [1.807, 2.05) is 6.92 Å². The fourth-order valence-corrected chi connectivity index (χ4v) is 3.15. The second kappa shape index (κ2) is 4.82. The SMILES string of the molecule is CCn1nc2n(c1=O)C[C@H](c1c(O)ccc(Cl)c1Cl)C2. The van der Waals surface area contributed by atoms with Gasteiger partial charge in [0.2, 0.25) is 0 Å². The van der Waals surface area contributed by atoms with E-state index in [1.165, 1.54) is 10.7 Å². The summed E-state index contributed by atoms with van der Waals surface area (Å²) < 4.78 is 3.07. The van der Waals surface area contributed by atoms with Crippen LogP contribution < -0.4 is 5.69 Å². The highest BCUT2D eigenvalue weighted by atomic mass is 35.5. The standard InChI is InChI=1S/C13H13Cl2N3O2/c1-2-18-13(20)17-6-7(5-10(17)16-18)11-9(19)4-3-8(14)12(11)15/h3-4,7,19H,2,5-6H2,1H3/t7-/m1/s1. The highest BCUT2D eigenvalue weighted by Crippen LogP contribution is 2.41. The molecule has 0 bridgehead atoms. The van der Waals surface area contributed by atoms with Crippen LogP contribution in [0.4, 0.5) is 0 Å². The lowest BCUT2D eigenvalue weighted by molar-refractivity contribution is 0.457. The zero-order valence-electron chi connectivity index (χ0n) is 10.8. The number of hydrogen-bond acceptors (Lipinski definition) is 3. The van der Waals surface area contributed by atoms with Gasteiger partial charge in [-0.25, -0.2) is 9.48 Å². The van der Waals surface area contributed by atoms with E-state index in [0.717, 1.165) is 5.82 Å². The van der Waals surface area contributed by atoms with E-state index in [2.05, 4.69) is 5.10 Å². The molecule has 0 saturated carbocycles. The Bertz CT molecular complexity index is 736. The molecule has 20 heavy (non-hydrogen) atoms. The number of rotatable bonds is 2. The molecule has 0 spiro atoms. The maximum absolute atomic E-state index is 12.0. The topological polar surface area (TPSA) is 60.0 Å². The first kappa shape index (κ1) is 13.5. The summed E-state index contributed by atoms with van der Waals surface area (Å²) in [5, 5.41) is 15.0. The van der Waals surface area contributed by atoms with Crippen LogP contribution in [0.5, 0.6) is 5.75 Å². The number of phenolic OH excluding ortho intramolecular Hbond substituents is 1. The number of aromatic nitrogens is 3. The number of benzene rings is 1. The van der Waals surface area contributed by atoms with Crippen LogP contribution in [0.15, 0.2) is 16.9 Å². The summed E-state index contributed by atoms with van der Waals surface area (Å²) >= 11 is 12.2. The monoisotopic (exact) mass is 313 g/mol. The molecule has 5 nitrogen and oxygen atoms in total. The zero-order valence-corrected chi connectivity index (χ0v) is 12.3. The minimum absolute atomic E-state index is 0.0806. The van der Waals surface area contributed by atoms with Gasteiger partial charge in [0.05, 0.1) is 10.0 Å². The molecule has 2 heterocycles. The molecule has 1 aromatic heterocycles. The molecule has 0 radical (unpaired) electrons. The van der Waals surface area contributed by atoms with Gasteiger partial charge < -0.3 is 5.11 Å². The first-order valence-electron chi connectivity index (χ1n) is 6.36. The summed E-state index contributed by atoms with van der Waals surface area (Å²) in [6.07, 6.45) is 0.565. The van der Waals surface area contributed by atoms with Crippen molar-refractivity contribution in [3.8, 4) is 5.75 Å². The lowest BCUT2D eigenvalue weighted by Crippen LogP contribution is -2.24. The van der Waals surface area contributed by atoms with Crippen LogP contribution in [0.25, 0.3) is 0 Å². The third kappa shape index (κ3) is 1.93. The van der Waals surface area contributed by atoms with Crippen LogP contribution >= 0.6 is 23.2 Å². The molecule has 1 aliphatic heterocycles. The van der Waals surface area contributed by atoms with E-state index in [9.17, 15) is 9.90 Å². The number of halogens is 2. The minimum atomic E-state index is -0.123. The summed E-state index contributed by atoms with van der Waals surface area (Å²) in [7, 11) is 0. The van der Waals surface area contributed by atoms with Gasteiger partial charge in [0, 0.05) is 31.0 Å². The molecule has 0 aliphatic carbocycles. The molecular formula is C13H13Cl2N3O2. The molecule has 0 unspecified atom stereocenters. The van der Waals surface area contributed by atoms with Gasteiger partial charge in [0.1, 0.15) is 11.6 Å². The van der Waals surface area contributed by atoms with Crippen LogP contribution in [0, 0.1) is 0 Å². The van der Waals surface area contributed by atoms with Gasteiger partial charge >= 0.3 is 5.69 Å². The van der Waals surface area contributed by atoms with Crippen molar-refractivity contribution < 1.29 is 5.11 Å². The predicted octanol–water partition coefficient (Wildman–Crippen LogP) is 2.42. The smallest absolute Gasteiger partial charge is 0.345 e. The Morgan fingerprint density at radius 1 is 1.45 bits per heavy atom. The number of aryl methyl sites for hydroxylation is 1. The molecule has 1 aliphatic rings. The molecule has 0 saturated heterocycles. The van der Waals surface area contributed by atoms with Crippen molar-refractivity contribution in [2.45, 2.75) is 32.4 Å². The van der Waals surface area contributed by atoms with E-state index < -0.39 is 0 Å². The van der Waals surface area contributed by atoms with Gasteiger partial charge in [0.25, 0.3) is 0 Å². The maximum atomic E-state index is 12.0. The number of hydrogen-bond donors (Lipinski definition) is 1. The second-order valence-electron chi connectivity index (χ2n) is 4.82. The van der Waals surface area contributed by atoms with Gasteiger partial charge in [-0.15, -0.1) is 0 Å². The van der Waals surface area contributed by atoms with E-state index in [-0.39, 0.29) is 17.4 Å². The Labute approximate surface area is 125 Å². The lowest BCUT2D eigenvalue weighted by atomic mass is 9.96. The summed E-state index contributed by atoms with van der Waals surface area (Å²) in [5.41, 5.74) is 0.467. The number of fused-ring (bicyclic) bond motifs is 1. The molecule has 1 aromatic carbocycles. The molecule has 106 valence electrons. The summed E-state index contributed by atoms with van der Waals surface area (Å²) in [4.78, 5) is 12.0. The Balaban J connectivity index is 2.01. The van der Waals surface area contributed by atoms with Crippen molar-refractivity contribution in [3.05, 3.63) is 44.1 Å². The fraction of sp³-hybridized carbons (Fsp3) is 0.385. The number of aromatic hydroxyl groups is 1. The Hall–Kier alpha value is -1.46. The molecule has 1 atom stereocenters. The third-order valence-electron chi connectivity index (χ3n) is 3.65. The van der Waals surface area contributed by atoms with Crippen LogP contribution in [-0.4, -0.2) is 19.5 Å². The van der Waals surface area contributed by atoms with Crippen molar-refractivity contribution in [1.82, 2.24) is 14.3 Å². The Morgan fingerprint density at radius 3 is 2.85 bits per heavy atom. The lowest BCUT2D eigenvalue weighted by Gasteiger charge is -2.14. The van der Waals surface area contributed by atoms with Gasteiger partial charge in [-0.3, -0.25) is 4.57 Å². The predicted molar refractivity (Wildman–Crippen MR) is 76.7 cm³/mol. The summed E-state index contributed by atoms with van der Waals surface area (Å²) in [6.45, 7) is 2.88. The largest absolute Gasteiger partial charge is 0.508 e. The van der Waals surface area contributed by atoms with E-state index >= 15 is 0 Å². The first-order chi connectivity index (χ1) is 9.52. The average molecular weight is 314 g/mol. The Kier molecular flexibility index (Phi) is 3.26. The van der Waals surface area contributed by atoms with Crippen molar-refractivity contribution in [2.24, 2.45) is 0 Å². The first-order valence-corrected chi connectivity index (χ1v) is 7.12. The fourth-order valence-electron chi connectivity index (χ4n) is 2.67. The van der Waals surface area contributed by atoms with Crippen molar-refractivity contribution in [2.75, 3.05) is 0 Å². The molecule has 0 amide bonds. The summed E-state index contributed by atoms with van der Waals surface area (Å²) in [6, 6.07) is 3.08. The van der Waals surface area contributed by atoms with Gasteiger partial charge in [-0.2, -0.15) is 5.10 Å².